The lowest BCUT2D eigenvalue weighted by Crippen LogP contribution is -2.18. The fourth-order valence-corrected chi connectivity index (χ4v) is 2.45. The minimum atomic E-state index is 0.337. The molecule has 0 amide bonds. The Kier molecular flexibility index (Phi) is 4.83. The second kappa shape index (κ2) is 6.38. The second-order valence-electron chi connectivity index (χ2n) is 4.44. The fourth-order valence-electron chi connectivity index (χ4n) is 2.04. The number of hydrogen-bond donors (Lipinski definition) is 2. The van der Waals surface area contributed by atoms with Crippen molar-refractivity contribution in [3.63, 3.8) is 0 Å². The molecule has 1 saturated heterocycles. The number of nitrogens with one attached hydrogen (secondary N) is 1. The zero-order valence-electron chi connectivity index (χ0n) is 9.79. The Bertz CT molecular complexity index is 364. The maximum atomic E-state index is 9.80. The normalized spacial score (nSPS) is 19.7. The Morgan fingerprint density at radius 1 is 1.47 bits per heavy atom. The van der Waals surface area contributed by atoms with Crippen molar-refractivity contribution in [1.29, 1.82) is 0 Å². The Morgan fingerprint density at radius 3 is 3.12 bits per heavy atom. The zero-order chi connectivity index (χ0) is 12.1. The molecule has 2 rings (SSSR count). The molecule has 0 saturated carbocycles. The first-order valence-corrected chi connectivity index (χ1v) is 6.81. The second-order valence-corrected chi connectivity index (χ2v) is 5.30. The van der Waals surface area contributed by atoms with Crippen molar-refractivity contribution < 1.29 is 9.84 Å². The van der Waals surface area contributed by atoms with Gasteiger partial charge in [0.1, 0.15) is 5.75 Å². The van der Waals surface area contributed by atoms with Gasteiger partial charge in [-0.3, -0.25) is 0 Å². The number of halogens is 1. The summed E-state index contributed by atoms with van der Waals surface area (Å²) in [5, 5.41) is 13.2. The van der Waals surface area contributed by atoms with Crippen LogP contribution >= 0.6 is 15.9 Å². The van der Waals surface area contributed by atoms with Gasteiger partial charge in [-0.2, -0.15) is 0 Å². The smallest absolute Gasteiger partial charge is 0.134 e. The highest BCUT2D eigenvalue weighted by Crippen LogP contribution is 2.27. The van der Waals surface area contributed by atoms with Gasteiger partial charge in [0.15, 0.2) is 0 Å². The molecule has 1 aliphatic heterocycles. The van der Waals surface area contributed by atoms with Crippen molar-refractivity contribution >= 4 is 15.9 Å². The lowest BCUT2D eigenvalue weighted by atomic mass is 10.1. The molecule has 1 heterocycles. The van der Waals surface area contributed by atoms with Gasteiger partial charge in [-0.15, -0.1) is 0 Å². The molecule has 1 aliphatic rings. The Hall–Kier alpha value is -0.580. The highest BCUT2D eigenvalue weighted by Gasteiger charge is 2.14. The molecular formula is C13H18BrNO2. The molecular weight excluding hydrogens is 282 g/mol. The van der Waals surface area contributed by atoms with E-state index in [0.29, 0.717) is 18.2 Å². The van der Waals surface area contributed by atoms with E-state index in [1.165, 1.54) is 6.42 Å². The van der Waals surface area contributed by atoms with Crippen molar-refractivity contribution in [3.05, 3.63) is 28.2 Å². The van der Waals surface area contributed by atoms with Gasteiger partial charge in [0, 0.05) is 25.3 Å². The van der Waals surface area contributed by atoms with E-state index in [2.05, 4.69) is 21.2 Å². The minimum absolute atomic E-state index is 0.337. The summed E-state index contributed by atoms with van der Waals surface area (Å²) in [4.78, 5) is 0. The molecule has 4 heteroatoms. The third-order valence-electron chi connectivity index (χ3n) is 3.14. The van der Waals surface area contributed by atoms with E-state index < -0.39 is 0 Å². The molecule has 0 aliphatic carbocycles. The van der Waals surface area contributed by atoms with Crippen LogP contribution in [0.15, 0.2) is 22.7 Å². The third kappa shape index (κ3) is 3.69. The van der Waals surface area contributed by atoms with E-state index in [0.717, 1.165) is 36.2 Å². The van der Waals surface area contributed by atoms with Crippen LogP contribution in [0.2, 0.25) is 0 Å². The lowest BCUT2D eigenvalue weighted by Gasteiger charge is -2.10. The van der Waals surface area contributed by atoms with Gasteiger partial charge in [-0.1, -0.05) is 12.1 Å². The summed E-state index contributed by atoms with van der Waals surface area (Å²) in [5.74, 6) is 1.04. The average molecular weight is 300 g/mol. The van der Waals surface area contributed by atoms with Gasteiger partial charge in [-0.05, 0) is 47.3 Å². The summed E-state index contributed by atoms with van der Waals surface area (Å²) >= 11 is 3.31. The fraction of sp³-hybridized carbons (Fsp3) is 0.538. The first-order chi connectivity index (χ1) is 8.27. The van der Waals surface area contributed by atoms with Crippen molar-refractivity contribution in [2.75, 3.05) is 19.8 Å². The Balaban J connectivity index is 1.72. The number of phenolic OH excluding ortho intramolecular Hbond substituents is 1. The number of para-hydroxylation sites is 1. The summed E-state index contributed by atoms with van der Waals surface area (Å²) in [6.45, 7) is 3.50. The summed E-state index contributed by atoms with van der Waals surface area (Å²) in [7, 11) is 0. The van der Waals surface area contributed by atoms with Crippen LogP contribution in [0.5, 0.6) is 5.75 Å². The van der Waals surface area contributed by atoms with Gasteiger partial charge in [0.2, 0.25) is 0 Å². The number of rotatable bonds is 5. The van der Waals surface area contributed by atoms with Crippen LogP contribution in [0.4, 0.5) is 0 Å². The maximum absolute atomic E-state index is 9.80. The largest absolute Gasteiger partial charge is 0.506 e. The van der Waals surface area contributed by atoms with Gasteiger partial charge in [0.05, 0.1) is 4.47 Å². The lowest BCUT2D eigenvalue weighted by molar-refractivity contribution is 0.184. The van der Waals surface area contributed by atoms with Crippen LogP contribution in [0.25, 0.3) is 0 Å². The molecule has 0 bridgehead atoms. The van der Waals surface area contributed by atoms with E-state index in [1.54, 1.807) is 0 Å². The highest BCUT2D eigenvalue weighted by atomic mass is 79.9. The Morgan fingerprint density at radius 2 is 2.35 bits per heavy atom. The minimum Gasteiger partial charge on any atom is -0.506 e. The molecule has 1 unspecified atom stereocenters. The number of benzene rings is 1. The first-order valence-electron chi connectivity index (χ1n) is 6.02. The SMILES string of the molecule is Oc1c(Br)cccc1CNCCC1CCOC1. The monoisotopic (exact) mass is 299 g/mol. The standard InChI is InChI=1S/C13H18BrNO2/c14-12-3-1-2-11(13(12)16)8-15-6-4-10-5-7-17-9-10/h1-3,10,15-16H,4-9H2. The van der Waals surface area contributed by atoms with Crippen LogP contribution in [0.3, 0.4) is 0 Å². The van der Waals surface area contributed by atoms with Crippen molar-refractivity contribution in [3.8, 4) is 5.75 Å². The molecule has 1 fully saturated rings. The van der Waals surface area contributed by atoms with Gasteiger partial charge >= 0.3 is 0 Å². The molecule has 2 N–H and O–H groups in total. The van der Waals surface area contributed by atoms with E-state index in [1.807, 2.05) is 18.2 Å². The van der Waals surface area contributed by atoms with E-state index in [4.69, 9.17) is 4.74 Å². The van der Waals surface area contributed by atoms with Crippen LogP contribution in [-0.4, -0.2) is 24.9 Å². The van der Waals surface area contributed by atoms with Crippen LogP contribution in [-0.2, 0) is 11.3 Å². The van der Waals surface area contributed by atoms with E-state index in [-0.39, 0.29) is 0 Å². The van der Waals surface area contributed by atoms with Gasteiger partial charge in [0.25, 0.3) is 0 Å². The summed E-state index contributed by atoms with van der Waals surface area (Å²) < 4.78 is 6.08. The molecule has 3 nitrogen and oxygen atoms in total. The number of hydrogen-bond acceptors (Lipinski definition) is 3. The molecule has 1 aromatic rings. The molecule has 0 aromatic heterocycles. The Labute approximate surface area is 110 Å². The summed E-state index contributed by atoms with van der Waals surface area (Å²) in [6.07, 6.45) is 2.33. The summed E-state index contributed by atoms with van der Waals surface area (Å²) in [5.41, 5.74) is 0.932. The molecule has 94 valence electrons. The number of ether oxygens (including phenoxy) is 1. The molecule has 0 radical (unpaired) electrons. The number of aromatic hydroxyl groups is 1. The van der Waals surface area contributed by atoms with Crippen LogP contribution in [0.1, 0.15) is 18.4 Å². The highest BCUT2D eigenvalue weighted by molar-refractivity contribution is 9.10. The third-order valence-corrected chi connectivity index (χ3v) is 3.78. The molecule has 17 heavy (non-hydrogen) atoms. The topological polar surface area (TPSA) is 41.5 Å². The quantitative estimate of drug-likeness (QED) is 0.822. The first kappa shape index (κ1) is 12.9. The molecule has 0 spiro atoms. The zero-order valence-corrected chi connectivity index (χ0v) is 11.4. The van der Waals surface area contributed by atoms with Crippen LogP contribution < -0.4 is 5.32 Å². The van der Waals surface area contributed by atoms with Gasteiger partial charge < -0.3 is 15.2 Å². The maximum Gasteiger partial charge on any atom is 0.134 e. The van der Waals surface area contributed by atoms with Crippen molar-refractivity contribution in [2.24, 2.45) is 5.92 Å². The van der Waals surface area contributed by atoms with Gasteiger partial charge in [-0.25, -0.2) is 0 Å². The average Bonchev–Trinajstić information content (AvgIpc) is 2.83. The van der Waals surface area contributed by atoms with E-state index in [9.17, 15) is 5.11 Å². The van der Waals surface area contributed by atoms with Crippen molar-refractivity contribution in [2.45, 2.75) is 19.4 Å². The predicted octanol–water partition coefficient (Wildman–Crippen LogP) is 2.67. The van der Waals surface area contributed by atoms with Crippen LogP contribution in [0, 0.1) is 5.92 Å². The van der Waals surface area contributed by atoms with E-state index >= 15 is 0 Å². The predicted molar refractivity (Wildman–Crippen MR) is 71.1 cm³/mol. The number of phenols is 1. The summed E-state index contributed by atoms with van der Waals surface area (Å²) in [6, 6.07) is 5.71. The van der Waals surface area contributed by atoms with Crippen molar-refractivity contribution in [1.82, 2.24) is 5.32 Å². The molecule has 1 aromatic carbocycles. The molecule has 1 atom stereocenters.